The first-order valence-electron chi connectivity index (χ1n) is 2.78. The minimum absolute atomic E-state index is 0.0370. The normalized spacial score (nSPS) is 11.4. The highest BCUT2D eigenvalue weighted by molar-refractivity contribution is 5.33. The molecule has 1 aromatic carbocycles. The second kappa shape index (κ2) is 2.82. The molecule has 0 aromatic heterocycles. The molecule has 0 radical (unpaired) electrons. The lowest BCUT2D eigenvalue weighted by atomic mass is 10.3. The van der Waals surface area contributed by atoms with E-state index in [0.29, 0.717) is 5.69 Å². The number of nitrogens with zero attached hydrogens (tertiary/aromatic N) is 2. The first-order valence-corrected chi connectivity index (χ1v) is 2.78. The van der Waals surface area contributed by atoms with Gasteiger partial charge in [-0.3, -0.25) is 0 Å². The first kappa shape index (κ1) is 6.54. The molecule has 10 heavy (non-hydrogen) atoms. The third-order valence-electron chi connectivity index (χ3n) is 0.970. The third-order valence-corrected chi connectivity index (χ3v) is 0.970. The summed E-state index contributed by atoms with van der Waals surface area (Å²) in [5, 5.41) is 13.6. The summed E-state index contributed by atoms with van der Waals surface area (Å²) in [6, 6.07) is 8.78. The highest BCUT2D eigenvalue weighted by Gasteiger charge is 1.88. The van der Waals surface area contributed by atoms with Crippen molar-refractivity contribution in [1.82, 2.24) is 0 Å². The van der Waals surface area contributed by atoms with Gasteiger partial charge in [-0.2, -0.15) is 5.84 Å². The Balaban J connectivity index is 2.87. The number of benzene rings is 1. The van der Waals surface area contributed by atoms with Crippen LogP contribution in [0.25, 0.3) is 0 Å². The standard InChI is InChI=1S/C6H7N3O/c7-9(10)8-6-4-2-1-3-5-6/h1-5H,(H2,7,8). The quantitative estimate of drug-likeness (QED) is 0.273. The summed E-state index contributed by atoms with van der Waals surface area (Å²) in [6.07, 6.45) is 0. The second-order valence-electron chi connectivity index (χ2n) is 1.74. The van der Waals surface area contributed by atoms with E-state index in [1.807, 2.05) is 6.07 Å². The fourth-order valence-corrected chi connectivity index (χ4v) is 0.608. The van der Waals surface area contributed by atoms with Crippen molar-refractivity contribution < 1.29 is 4.97 Å². The van der Waals surface area contributed by atoms with Crippen LogP contribution in [0, 0.1) is 5.21 Å². The van der Waals surface area contributed by atoms with Gasteiger partial charge < -0.3 is 5.21 Å². The summed E-state index contributed by atoms with van der Waals surface area (Å²) in [6.45, 7) is 0. The highest BCUT2D eigenvalue weighted by atomic mass is 16.5. The number of hydrogen-bond acceptors (Lipinski definition) is 2. The van der Waals surface area contributed by atoms with Crippen molar-refractivity contribution in [2.75, 3.05) is 0 Å². The van der Waals surface area contributed by atoms with Gasteiger partial charge in [0, 0.05) is 10.1 Å². The molecule has 1 rings (SSSR count). The summed E-state index contributed by atoms with van der Waals surface area (Å²) in [5.74, 6) is 4.74. The number of nitrogens with two attached hydrogens (primary N) is 1. The summed E-state index contributed by atoms with van der Waals surface area (Å²) < 4.78 is 0. The summed E-state index contributed by atoms with van der Waals surface area (Å²) in [4.78, 5) is 0.0370. The van der Waals surface area contributed by atoms with E-state index < -0.39 is 0 Å². The molecule has 0 aliphatic heterocycles. The summed E-state index contributed by atoms with van der Waals surface area (Å²) in [5.41, 5.74) is 0.556. The Hall–Kier alpha value is -1.58. The molecule has 0 fully saturated rings. The molecule has 0 aliphatic rings. The van der Waals surface area contributed by atoms with E-state index >= 15 is 0 Å². The van der Waals surface area contributed by atoms with Gasteiger partial charge in [0.2, 0.25) is 0 Å². The van der Waals surface area contributed by atoms with E-state index in [2.05, 4.69) is 5.11 Å². The van der Waals surface area contributed by atoms with Gasteiger partial charge in [0.1, 0.15) is 5.69 Å². The van der Waals surface area contributed by atoms with Crippen molar-refractivity contribution in [2.45, 2.75) is 0 Å². The number of rotatable bonds is 1. The Morgan fingerprint density at radius 2 is 1.90 bits per heavy atom. The Bertz CT molecular complexity index is 228. The van der Waals surface area contributed by atoms with Crippen molar-refractivity contribution in [3.8, 4) is 0 Å². The Morgan fingerprint density at radius 1 is 1.30 bits per heavy atom. The van der Waals surface area contributed by atoms with Crippen LogP contribution in [0.1, 0.15) is 0 Å². The molecular weight excluding hydrogens is 130 g/mol. The van der Waals surface area contributed by atoms with Crippen molar-refractivity contribution in [2.24, 2.45) is 11.0 Å². The van der Waals surface area contributed by atoms with Crippen LogP contribution in [-0.2, 0) is 0 Å². The molecular formula is C6H7N3O. The van der Waals surface area contributed by atoms with Crippen LogP contribution in [0.3, 0.4) is 0 Å². The minimum Gasteiger partial charge on any atom is -0.572 e. The molecule has 2 N–H and O–H groups in total. The molecule has 1 aromatic rings. The van der Waals surface area contributed by atoms with Crippen molar-refractivity contribution >= 4 is 5.69 Å². The topological polar surface area (TPSA) is 64.5 Å². The van der Waals surface area contributed by atoms with Gasteiger partial charge in [0.05, 0.1) is 0 Å². The van der Waals surface area contributed by atoms with Crippen LogP contribution in [0.15, 0.2) is 35.4 Å². The number of hydrogen-bond donors (Lipinski definition) is 1. The van der Waals surface area contributed by atoms with Crippen LogP contribution in [0.4, 0.5) is 5.69 Å². The summed E-state index contributed by atoms with van der Waals surface area (Å²) >= 11 is 0. The fourth-order valence-electron chi connectivity index (χ4n) is 0.608. The Labute approximate surface area is 58.1 Å². The average molecular weight is 137 g/mol. The average Bonchev–Trinajstić information content (AvgIpc) is 1.88. The maximum Gasteiger partial charge on any atom is 0.135 e. The van der Waals surface area contributed by atoms with Gasteiger partial charge in [-0.05, 0) is 12.1 Å². The first-order chi connectivity index (χ1) is 4.79. The molecule has 0 saturated carbocycles. The maximum absolute atomic E-state index is 10.1. The van der Waals surface area contributed by atoms with Crippen molar-refractivity contribution in [3.05, 3.63) is 35.5 Å². The molecule has 0 bridgehead atoms. The second-order valence-corrected chi connectivity index (χ2v) is 1.74. The molecule has 4 nitrogen and oxygen atoms in total. The van der Waals surface area contributed by atoms with E-state index in [4.69, 9.17) is 5.84 Å². The molecule has 52 valence electrons. The van der Waals surface area contributed by atoms with Crippen LogP contribution in [-0.4, -0.2) is 4.97 Å². The number of hydrazine groups is 1. The Morgan fingerprint density at radius 3 is 2.40 bits per heavy atom. The molecule has 0 aliphatic carbocycles. The van der Waals surface area contributed by atoms with Gasteiger partial charge >= 0.3 is 0 Å². The predicted octanol–water partition coefficient (Wildman–Crippen LogP) is 1.15. The van der Waals surface area contributed by atoms with Crippen LogP contribution < -0.4 is 5.84 Å². The zero-order valence-electron chi connectivity index (χ0n) is 5.27. The van der Waals surface area contributed by atoms with E-state index in [-0.39, 0.29) is 4.97 Å². The van der Waals surface area contributed by atoms with E-state index in [0.717, 1.165) is 0 Å². The van der Waals surface area contributed by atoms with E-state index in [1.165, 1.54) is 0 Å². The fraction of sp³-hybridized carbons (Fsp3) is 0. The molecule has 4 heteroatoms. The van der Waals surface area contributed by atoms with Gasteiger partial charge in [-0.15, -0.1) is 0 Å². The van der Waals surface area contributed by atoms with E-state index in [1.54, 1.807) is 24.3 Å². The van der Waals surface area contributed by atoms with Crippen LogP contribution in [0.2, 0.25) is 0 Å². The molecule has 0 amide bonds. The largest absolute Gasteiger partial charge is 0.572 e. The third kappa shape index (κ3) is 1.74. The lowest BCUT2D eigenvalue weighted by molar-refractivity contribution is -0.536. The smallest absolute Gasteiger partial charge is 0.135 e. The van der Waals surface area contributed by atoms with Gasteiger partial charge in [0.15, 0.2) is 0 Å². The van der Waals surface area contributed by atoms with Crippen molar-refractivity contribution in [3.63, 3.8) is 0 Å². The summed E-state index contributed by atoms with van der Waals surface area (Å²) in [7, 11) is 0. The molecule has 0 heterocycles. The lowest BCUT2D eigenvalue weighted by Gasteiger charge is -1.88. The van der Waals surface area contributed by atoms with Gasteiger partial charge in [0.25, 0.3) is 0 Å². The molecule has 0 atom stereocenters. The monoisotopic (exact) mass is 137 g/mol. The molecule has 0 spiro atoms. The Kier molecular flexibility index (Phi) is 1.84. The lowest BCUT2D eigenvalue weighted by Crippen LogP contribution is -2.07. The zero-order chi connectivity index (χ0) is 7.40. The van der Waals surface area contributed by atoms with E-state index in [9.17, 15) is 5.21 Å². The van der Waals surface area contributed by atoms with Crippen LogP contribution >= 0.6 is 0 Å². The molecule has 0 saturated heterocycles. The molecule has 0 unspecified atom stereocenters. The van der Waals surface area contributed by atoms with Crippen LogP contribution in [0.5, 0.6) is 0 Å². The van der Waals surface area contributed by atoms with Gasteiger partial charge in [-0.25, -0.2) is 0 Å². The van der Waals surface area contributed by atoms with Crippen molar-refractivity contribution in [1.29, 1.82) is 0 Å². The predicted molar refractivity (Wildman–Crippen MR) is 36.3 cm³/mol. The zero-order valence-corrected chi connectivity index (χ0v) is 5.27. The van der Waals surface area contributed by atoms with Gasteiger partial charge in [-0.1, -0.05) is 18.2 Å². The highest BCUT2D eigenvalue weighted by Crippen LogP contribution is 2.08. The SMILES string of the molecule is N[N+]([O-])=Nc1ccccc1. The maximum atomic E-state index is 10.1. The minimum atomic E-state index is 0.0370.